The number of benzene rings is 1. The number of ether oxygens (including phenoxy) is 1. The van der Waals surface area contributed by atoms with Crippen LogP contribution in [0, 0.1) is 0 Å². The van der Waals surface area contributed by atoms with Crippen molar-refractivity contribution in [1.82, 2.24) is 15.5 Å². The van der Waals surface area contributed by atoms with Crippen LogP contribution >= 0.6 is 0 Å². The summed E-state index contributed by atoms with van der Waals surface area (Å²) in [7, 11) is 3.19. The summed E-state index contributed by atoms with van der Waals surface area (Å²) in [5.74, 6) is 0.524. The zero-order chi connectivity index (χ0) is 20.1. The maximum absolute atomic E-state index is 11.5. The van der Waals surface area contributed by atoms with Crippen LogP contribution in [-0.4, -0.2) is 63.2 Å². The molecule has 0 saturated heterocycles. The Hall–Kier alpha value is -2.08. The van der Waals surface area contributed by atoms with Gasteiger partial charge in [0.2, 0.25) is 0 Å². The predicted octanol–water partition coefficient (Wildman–Crippen LogP) is 2.69. The summed E-state index contributed by atoms with van der Waals surface area (Å²) >= 11 is 0. The lowest BCUT2D eigenvalue weighted by Gasteiger charge is -2.21. The lowest BCUT2D eigenvalue weighted by Crippen LogP contribution is -2.43. The fourth-order valence-electron chi connectivity index (χ4n) is 2.91. The second kappa shape index (κ2) is 13.1. The minimum Gasteiger partial charge on any atom is -0.465 e. The number of rotatable bonds is 11. The Balaban J connectivity index is 2.32. The number of esters is 1. The van der Waals surface area contributed by atoms with E-state index in [2.05, 4.69) is 41.3 Å². The number of guanidine groups is 1. The van der Waals surface area contributed by atoms with E-state index in [9.17, 15) is 4.79 Å². The standard InChI is InChI=1S/C21H36N4O2/c1-6-25(7-2)16-8-9-17(3)24-21(22-4)23-15-14-18-10-12-19(13-11-18)20(26)27-5/h10-13,17H,6-9,14-16H2,1-5H3,(H2,22,23,24). The Kier molecular flexibility index (Phi) is 11.2. The Labute approximate surface area is 164 Å². The molecule has 0 bridgehead atoms. The summed E-state index contributed by atoms with van der Waals surface area (Å²) < 4.78 is 4.72. The lowest BCUT2D eigenvalue weighted by atomic mass is 10.1. The molecule has 0 fully saturated rings. The third kappa shape index (κ3) is 8.91. The van der Waals surface area contributed by atoms with Gasteiger partial charge in [-0.2, -0.15) is 0 Å². The average Bonchev–Trinajstić information content (AvgIpc) is 2.70. The molecule has 0 amide bonds. The molecule has 0 aliphatic carbocycles. The number of nitrogens with zero attached hydrogens (tertiary/aromatic N) is 2. The summed E-state index contributed by atoms with van der Waals surface area (Å²) in [6, 6.07) is 7.89. The molecule has 6 heteroatoms. The fraction of sp³-hybridized carbons (Fsp3) is 0.619. The molecule has 152 valence electrons. The van der Waals surface area contributed by atoms with E-state index in [-0.39, 0.29) is 5.97 Å². The molecule has 0 saturated carbocycles. The minimum absolute atomic E-state index is 0.306. The summed E-state index contributed by atoms with van der Waals surface area (Å²) in [6.07, 6.45) is 3.16. The molecule has 2 N–H and O–H groups in total. The SMILES string of the molecule is CCN(CC)CCCC(C)NC(=NC)NCCc1ccc(C(=O)OC)cc1. The fourth-order valence-corrected chi connectivity index (χ4v) is 2.91. The smallest absolute Gasteiger partial charge is 0.337 e. The van der Waals surface area contributed by atoms with Crippen molar-refractivity contribution >= 4 is 11.9 Å². The van der Waals surface area contributed by atoms with E-state index in [4.69, 9.17) is 4.74 Å². The van der Waals surface area contributed by atoms with Crippen LogP contribution in [0.3, 0.4) is 0 Å². The Morgan fingerprint density at radius 1 is 1.22 bits per heavy atom. The Bertz CT molecular complexity index is 568. The molecule has 27 heavy (non-hydrogen) atoms. The van der Waals surface area contributed by atoms with E-state index >= 15 is 0 Å². The van der Waals surface area contributed by atoms with E-state index in [1.807, 2.05) is 12.1 Å². The van der Waals surface area contributed by atoms with Gasteiger partial charge in [0.05, 0.1) is 12.7 Å². The van der Waals surface area contributed by atoms with E-state index in [1.165, 1.54) is 13.5 Å². The van der Waals surface area contributed by atoms with E-state index in [0.717, 1.165) is 50.5 Å². The van der Waals surface area contributed by atoms with Crippen LogP contribution in [0.5, 0.6) is 0 Å². The summed E-state index contributed by atoms with van der Waals surface area (Å²) in [5, 5.41) is 6.81. The molecular formula is C21H36N4O2. The predicted molar refractivity (Wildman–Crippen MR) is 112 cm³/mol. The minimum atomic E-state index is -0.306. The molecule has 1 aromatic carbocycles. The van der Waals surface area contributed by atoms with Crippen molar-refractivity contribution in [1.29, 1.82) is 0 Å². The van der Waals surface area contributed by atoms with Gasteiger partial charge in [-0.15, -0.1) is 0 Å². The van der Waals surface area contributed by atoms with E-state index < -0.39 is 0 Å². The van der Waals surface area contributed by atoms with Gasteiger partial charge in [-0.05, 0) is 63.5 Å². The highest BCUT2D eigenvalue weighted by molar-refractivity contribution is 5.89. The topological polar surface area (TPSA) is 66.0 Å². The summed E-state index contributed by atoms with van der Waals surface area (Å²) in [4.78, 5) is 18.2. The largest absolute Gasteiger partial charge is 0.465 e. The first-order valence-corrected chi connectivity index (χ1v) is 9.90. The number of carbonyl (C=O) groups is 1. The van der Waals surface area contributed by atoms with E-state index in [0.29, 0.717) is 11.6 Å². The number of methoxy groups -OCH3 is 1. The number of hydrogen-bond donors (Lipinski definition) is 2. The molecule has 1 unspecified atom stereocenters. The lowest BCUT2D eigenvalue weighted by molar-refractivity contribution is 0.0600. The molecule has 1 rings (SSSR count). The summed E-state index contributed by atoms with van der Waals surface area (Å²) in [5.41, 5.74) is 1.74. The monoisotopic (exact) mass is 376 g/mol. The van der Waals surface area contributed by atoms with Gasteiger partial charge in [-0.25, -0.2) is 4.79 Å². The zero-order valence-corrected chi connectivity index (χ0v) is 17.5. The normalized spacial score (nSPS) is 12.7. The van der Waals surface area contributed by atoms with Crippen molar-refractivity contribution in [3.63, 3.8) is 0 Å². The number of hydrogen-bond acceptors (Lipinski definition) is 4. The molecule has 0 aliphatic heterocycles. The molecule has 0 radical (unpaired) electrons. The molecular weight excluding hydrogens is 340 g/mol. The molecule has 0 aromatic heterocycles. The van der Waals surface area contributed by atoms with Gasteiger partial charge in [-0.1, -0.05) is 26.0 Å². The summed E-state index contributed by atoms with van der Waals surface area (Å²) in [6.45, 7) is 10.8. The molecule has 1 atom stereocenters. The van der Waals surface area contributed by atoms with Crippen molar-refractivity contribution in [2.24, 2.45) is 4.99 Å². The average molecular weight is 377 g/mol. The highest BCUT2D eigenvalue weighted by Gasteiger charge is 2.07. The van der Waals surface area contributed by atoms with Crippen molar-refractivity contribution in [3.05, 3.63) is 35.4 Å². The maximum atomic E-state index is 11.5. The van der Waals surface area contributed by atoms with Crippen LogP contribution in [-0.2, 0) is 11.2 Å². The molecule has 0 heterocycles. The quantitative estimate of drug-likeness (QED) is 0.353. The van der Waals surface area contributed by atoms with Gasteiger partial charge in [0.25, 0.3) is 0 Å². The van der Waals surface area contributed by atoms with Gasteiger partial charge in [-0.3, -0.25) is 4.99 Å². The highest BCUT2D eigenvalue weighted by atomic mass is 16.5. The van der Waals surface area contributed by atoms with Crippen LogP contribution in [0.2, 0.25) is 0 Å². The third-order valence-electron chi connectivity index (χ3n) is 4.69. The van der Waals surface area contributed by atoms with Gasteiger partial charge >= 0.3 is 5.97 Å². The second-order valence-electron chi connectivity index (χ2n) is 6.65. The van der Waals surface area contributed by atoms with Crippen molar-refractivity contribution < 1.29 is 9.53 Å². The first-order chi connectivity index (χ1) is 13.0. The zero-order valence-electron chi connectivity index (χ0n) is 17.5. The number of aliphatic imine (C=N–C) groups is 1. The number of nitrogens with one attached hydrogen (secondary N) is 2. The molecule has 0 spiro atoms. The first kappa shape index (κ1) is 23.0. The van der Waals surface area contributed by atoms with Crippen LogP contribution in [0.4, 0.5) is 0 Å². The highest BCUT2D eigenvalue weighted by Crippen LogP contribution is 2.06. The van der Waals surface area contributed by atoms with Crippen molar-refractivity contribution in [2.75, 3.05) is 40.3 Å². The van der Waals surface area contributed by atoms with Crippen LogP contribution in [0.1, 0.15) is 49.5 Å². The van der Waals surface area contributed by atoms with Gasteiger partial charge in [0, 0.05) is 19.6 Å². The maximum Gasteiger partial charge on any atom is 0.337 e. The van der Waals surface area contributed by atoms with Crippen LogP contribution < -0.4 is 10.6 Å². The molecule has 6 nitrogen and oxygen atoms in total. The molecule has 0 aliphatic rings. The second-order valence-corrected chi connectivity index (χ2v) is 6.65. The van der Waals surface area contributed by atoms with Crippen molar-refractivity contribution in [3.8, 4) is 0 Å². The number of carbonyl (C=O) groups excluding carboxylic acids is 1. The van der Waals surface area contributed by atoms with Crippen LogP contribution in [0.15, 0.2) is 29.3 Å². The van der Waals surface area contributed by atoms with E-state index in [1.54, 1.807) is 19.2 Å². The van der Waals surface area contributed by atoms with Gasteiger partial charge in [0.1, 0.15) is 0 Å². The Morgan fingerprint density at radius 3 is 2.44 bits per heavy atom. The first-order valence-electron chi connectivity index (χ1n) is 9.90. The van der Waals surface area contributed by atoms with Crippen LogP contribution in [0.25, 0.3) is 0 Å². The Morgan fingerprint density at radius 2 is 1.89 bits per heavy atom. The van der Waals surface area contributed by atoms with Crippen molar-refractivity contribution in [2.45, 2.75) is 46.1 Å². The van der Waals surface area contributed by atoms with Gasteiger partial charge < -0.3 is 20.3 Å². The third-order valence-corrected chi connectivity index (χ3v) is 4.69. The molecule has 1 aromatic rings. The van der Waals surface area contributed by atoms with Gasteiger partial charge in [0.15, 0.2) is 5.96 Å².